The molecule has 1 rings (SSSR count). The van der Waals surface area contributed by atoms with Crippen LogP contribution in [0.25, 0.3) is 0 Å². The second-order valence-corrected chi connectivity index (χ2v) is 3.30. The van der Waals surface area contributed by atoms with Gasteiger partial charge < -0.3 is 24.8 Å². The van der Waals surface area contributed by atoms with Crippen LogP contribution in [-0.2, 0) is 9.47 Å². The Kier molecular flexibility index (Phi) is 5.54. The Labute approximate surface area is 84.3 Å². The van der Waals surface area contributed by atoms with Crippen LogP contribution >= 0.6 is 0 Å². The molecule has 0 spiro atoms. The molecular formula is C9H20O5. The van der Waals surface area contributed by atoms with Crippen molar-refractivity contribution < 1.29 is 24.8 Å². The zero-order chi connectivity index (χ0) is 10.0. The highest BCUT2D eigenvalue weighted by atomic mass is 16.7. The summed E-state index contributed by atoms with van der Waals surface area (Å²) < 4.78 is 10.0. The lowest BCUT2D eigenvalue weighted by Crippen LogP contribution is -2.55. The van der Waals surface area contributed by atoms with Crippen molar-refractivity contribution in [3.05, 3.63) is 0 Å². The van der Waals surface area contributed by atoms with Gasteiger partial charge in [0.15, 0.2) is 6.29 Å². The van der Waals surface area contributed by atoms with E-state index in [9.17, 15) is 10.2 Å². The second kappa shape index (κ2) is 5.63. The quantitative estimate of drug-likeness (QED) is 0.561. The zero-order valence-corrected chi connectivity index (χ0v) is 7.75. The fraction of sp³-hybridized carbons (Fsp3) is 1.00. The highest BCUT2D eigenvalue weighted by molar-refractivity contribution is 4.86. The van der Waals surface area contributed by atoms with E-state index in [-0.39, 0.29) is 20.0 Å². The van der Waals surface area contributed by atoms with Gasteiger partial charge in [0.05, 0.1) is 18.8 Å². The Morgan fingerprint density at radius 1 is 1.29 bits per heavy atom. The third-order valence-electron chi connectivity index (χ3n) is 2.48. The standard InChI is InChI=1S/C8H16O5.CH4/c1-4-5(3-9)13-8(12-2)7(11)6(4)10;/h4-11H,3H2,1-2H3;1H4/t4-,5?,6+,7?,8-;/m1./s1. The summed E-state index contributed by atoms with van der Waals surface area (Å²) in [7, 11) is 1.38. The summed E-state index contributed by atoms with van der Waals surface area (Å²) in [6.07, 6.45) is -3.31. The van der Waals surface area contributed by atoms with Gasteiger partial charge in [-0.1, -0.05) is 14.4 Å². The van der Waals surface area contributed by atoms with Crippen LogP contribution in [-0.4, -0.2) is 53.6 Å². The number of aliphatic hydroxyl groups is 3. The number of hydrogen-bond donors (Lipinski definition) is 3. The van der Waals surface area contributed by atoms with E-state index in [1.165, 1.54) is 7.11 Å². The first kappa shape index (κ1) is 13.8. The van der Waals surface area contributed by atoms with Crippen molar-refractivity contribution in [1.82, 2.24) is 0 Å². The van der Waals surface area contributed by atoms with Crippen LogP contribution in [0.3, 0.4) is 0 Å². The fourth-order valence-electron chi connectivity index (χ4n) is 1.47. The van der Waals surface area contributed by atoms with Crippen molar-refractivity contribution in [1.29, 1.82) is 0 Å². The maximum absolute atomic E-state index is 9.53. The number of hydrogen-bond acceptors (Lipinski definition) is 5. The Hall–Kier alpha value is -0.200. The van der Waals surface area contributed by atoms with Crippen LogP contribution in [0.15, 0.2) is 0 Å². The summed E-state index contributed by atoms with van der Waals surface area (Å²) in [5, 5.41) is 27.9. The van der Waals surface area contributed by atoms with Crippen molar-refractivity contribution in [3.8, 4) is 0 Å². The lowest BCUT2D eigenvalue weighted by molar-refractivity contribution is -0.280. The van der Waals surface area contributed by atoms with Gasteiger partial charge in [-0.15, -0.1) is 0 Å². The number of aliphatic hydroxyl groups excluding tert-OH is 3. The lowest BCUT2D eigenvalue weighted by atomic mass is 9.91. The third-order valence-corrected chi connectivity index (χ3v) is 2.48. The predicted molar refractivity (Wildman–Crippen MR) is 50.7 cm³/mol. The summed E-state index contributed by atoms with van der Waals surface area (Å²) in [5.41, 5.74) is 0. The van der Waals surface area contributed by atoms with E-state index in [1.807, 2.05) is 0 Å². The molecule has 0 aliphatic carbocycles. The summed E-state index contributed by atoms with van der Waals surface area (Å²) in [6, 6.07) is 0. The maximum Gasteiger partial charge on any atom is 0.186 e. The molecule has 5 nitrogen and oxygen atoms in total. The maximum atomic E-state index is 9.53. The Bertz CT molecular complexity index is 143. The van der Waals surface area contributed by atoms with E-state index in [4.69, 9.17) is 14.6 Å². The average Bonchev–Trinajstić information content (AvgIpc) is 2.15. The van der Waals surface area contributed by atoms with Crippen LogP contribution in [0.5, 0.6) is 0 Å². The van der Waals surface area contributed by atoms with E-state index in [1.54, 1.807) is 6.92 Å². The topological polar surface area (TPSA) is 79.2 Å². The summed E-state index contributed by atoms with van der Waals surface area (Å²) in [6.45, 7) is 1.52. The molecule has 5 heteroatoms. The molecule has 0 aromatic carbocycles. The van der Waals surface area contributed by atoms with Gasteiger partial charge in [0, 0.05) is 13.0 Å². The van der Waals surface area contributed by atoms with Gasteiger partial charge in [-0.05, 0) is 0 Å². The molecule has 14 heavy (non-hydrogen) atoms. The van der Waals surface area contributed by atoms with Crippen molar-refractivity contribution >= 4 is 0 Å². The molecule has 0 amide bonds. The minimum Gasteiger partial charge on any atom is -0.394 e. The summed E-state index contributed by atoms with van der Waals surface area (Å²) in [4.78, 5) is 0. The predicted octanol–water partition coefficient (Wildman–Crippen LogP) is -0.656. The first-order chi connectivity index (χ1) is 6.11. The van der Waals surface area contributed by atoms with E-state index in [0.717, 1.165) is 0 Å². The molecule has 2 unspecified atom stereocenters. The molecule has 0 bridgehead atoms. The monoisotopic (exact) mass is 208 g/mol. The molecule has 1 fully saturated rings. The van der Waals surface area contributed by atoms with E-state index in [2.05, 4.69) is 0 Å². The Balaban J connectivity index is 0.00000169. The summed E-state index contributed by atoms with van der Waals surface area (Å²) in [5.74, 6) is -0.300. The molecule has 1 saturated heterocycles. The van der Waals surface area contributed by atoms with Gasteiger partial charge in [0.25, 0.3) is 0 Å². The molecule has 1 aliphatic heterocycles. The Morgan fingerprint density at radius 3 is 2.29 bits per heavy atom. The van der Waals surface area contributed by atoms with E-state index in [0.29, 0.717) is 0 Å². The molecule has 3 N–H and O–H groups in total. The van der Waals surface area contributed by atoms with Crippen molar-refractivity contribution in [3.63, 3.8) is 0 Å². The molecule has 0 aromatic heterocycles. The van der Waals surface area contributed by atoms with Crippen molar-refractivity contribution in [2.75, 3.05) is 13.7 Å². The molecule has 5 atom stereocenters. The highest BCUT2D eigenvalue weighted by Gasteiger charge is 2.41. The van der Waals surface area contributed by atoms with Gasteiger partial charge in [-0.3, -0.25) is 0 Å². The number of rotatable bonds is 2. The molecule has 0 aromatic rings. The minimum absolute atomic E-state index is 0. The number of methoxy groups -OCH3 is 1. The van der Waals surface area contributed by atoms with Crippen LogP contribution in [0, 0.1) is 5.92 Å². The molecule has 1 aliphatic rings. The molecular weight excluding hydrogens is 188 g/mol. The van der Waals surface area contributed by atoms with Gasteiger partial charge in [-0.2, -0.15) is 0 Å². The number of ether oxygens (including phenoxy) is 2. The van der Waals surface area contributed by atoms with Crippen molar-refractivity contribution in [2.24, 2.45) is 5.92 Å². The zero-order valence-electron chi connectivity index (χ0n) is 7.75. The van der Waals surface area contributed by atoms with E-state index >= 15 is 0 Å². The third kappa shape index (κ3) is 2.43. The average molecular weight is 208 g/mol. The lowest BCUT2D eigenvalue weighted by Gasteiger charge is -2.40. The SMILES string of the molecule is C.CO[C@@H]1OC(CO)[C@@H](C)[C@H](O)C1O. The van der Waals surface area contributed by atoms with Crippen LogP contribution in [0.1, 0.15) is 14.4 Å². The Morgan fingerprint density at radius 2 is 1.86 bits per heavy atom. The minimum atomic E-state index is -1.05. The molecule has 0 saturated carbocycles. The molecule has 86 valence electrons. The normalized spacial score (nSPS) is 43.1. The molecule has 0 radical (unpaired) electrons. The van der Waals surface area contributed by atoms with Crippen LogP contribution in [0.4, 0.5) is 0 Å². The first-order valence-electron chi connectivity index (χ1n) is 4.27. The van der Waals surface area contributed by atoms with Gasteiger partial charge >= 0.3 is 0 Å². The summed E-state index contributed by atoms with van der Waals surface area (Å²) >= 11 is 0. The van der Waals surface area contributed by atoms with Gasteiger partial charge in [0.1, 0.15) is 6.10 Å². The van der Waals surface area contributed by atoms with Crippen LogP contribution < -0.4 is 0 Å². The van der Waals surface area contributed by atoms with Crippen molar-refractivity contribution in [2.45, 2.75) is 39.0 Å². The largest absolute Gasteiger partial charge is 0.394 e. The van der Waals surface area contributed by atoms with Gasteiger partial charge in [-0.25, -0.2) is 0 Å². The fourth-order valence-corrected chi connectivity index (χ4v) is 1.47. The highest BCUT2D eigenvalue weighted by Crippen LogP contribution is 2.25. The van der Waals surface area contributed by atoms with Crippen LogP contribution in [0.2, 0.25) is 0 Å². The first-order valence-corrected chi connectivity index (χ1v) is 4.27. The van der Waals surface area contributed by atoms with Gasteiger partial charge in [0.2, 0.25) is 0 Å². The smallest absolute Gasteiger partial charge is 0.186 e. The van der Waals surface area contributed by atoms with E-state index < -0.39 is 24.6 Å². The molecule has 1 heterocycles. The second-order valence-electron chi connectivity index (χ2n) is 3.30.